The lowest BCUT2D eigenvalue weighted by Gasteiger charge is -2.57. The summed E-state index contributed by atoms with van der Waals surface area (Å²) in [5, 5.41) is 15.6. The number of benzene rings is 1. The molecule has 3 heterocycles. The van der Waals surface area contributed by atoms with Gasteiger partial charge in [0.25, 0.3) is 0 Å². The molecule has 2 aliphatic heterocycles. The van der Waals surface area contributed by atoms with E-state index in [1.165, 1.54) is 0 Å². The van der Waals surface area contributed by atoms with Crippen LogP contribution in [-0.4, -0.2) is 85.3 Å². The van der Waals surface area contributed by atoms with Gasteiger partial charge >= 0.3 is 21.6 Å². The summed E-state index contributed by atoms with van der Waals surface area (Å²) in [4.78, 5) is 27.3. The van der Waals surface area contributed by atoms with Crippen molar-refractivity contribution in [2.24, 2.45) is 17.8 Å². The Kier molecular flexibility index (Phi) is 7.12. The quantitative estimate of drug-likeness (QED) is 0.508. The number of hydroxylamine groups is 1. The molecular formula is C29H35F3N6O5S. The van der Waals surface area contributed by atoms with Crippen LogP contribution >= 0.6 is 0 Å². The van der Waals surface area contributed by atoms with Crippen molar-refractivity contribution in [1.29, 1.82) is 0 Å². The number of pyridine rings is 1. The molecule has 5 atom stereocenters. The van der Waals surface area contributed by atoms with Gasteiger partial charge in [0.05, 0.1) is 35.4 Å². The molecule has 8 rings (SSSR count). The molecule has 1 aromatic carbocycles. The highest BCUT2D eigenvalue weighted by Crippen LogP contribution is 2.55. The van der Waals surface area contributed by atoms with Crippen molar-refractivity contribution in [3.05, 3.63) is 42.6 Å². The number of hydrogen-bond donors (Lipinski definition) is 2. The van der Waals surface area contributed by atoms with Gasteiger partial charge in [-0.05, 0) is 74.1 Å². The average Bonchev–Trinajstić information content (AvgIpc) is 2.98. The summed E-state index contributed by atoms with van der Waals surface area (Å²) in [7, 11) is -5.35. The summed E-state index contributed by atoms with van der Waals surface area (Å²) >= 11 is 0. The number of alkyl halides is 3. The lowest BCUT2D eigenvalue weighted by atomic mass is 9.52. The normalized spacial score (nSPS) is 30.3. The smallest absolute Gasteiger partial charge is 0.390 e. The highest BCUT2D eigenvalue weighted by Gasteiger charge is 2.55. The van der Waals surface area contributed by atoms with Gasteiger partial charge in [-0.2, -0.15) is 17.5 Å². The zero-order valence-corrected chi connectivity index (χ0v) is 24.8. The van der Waals surface area contributed by atoms with E-state index in [0.29, 0.717) is 40.5 Å². The van der Waals surface area contributed by atoms with Crippen LogP contribution in [0.15, 0.2) is 42.6 Å². The molecular weight excluding hydrogens is 601 g/mol. The van der Waals surface area contributed by atoms with E-state index in [9.17, 15) is 31.5 Å². The lowest BCUT2D eigenvalue weighted by Crippen LogP contribution is -2.62. The maximum atomic E-state index is 13.1. The monoisotopic (exact) mass is 636 g/mol. The lowest BCUT2D eigenvalue weighted by molar-refractivity contribution is -0.137. The summed E-state index contributed by atoms with van der Waals surface area (Å²) in [6, 6.07) is 11.2. The molecule has 44 heavy (non-hydrogen) atoms. The topological polar surface area (TPSA) is 119 Å². The highest BCUT2D eigenvalue weighted by atomic mass is 32.2. The summed E-state index contributed by atoms with van der Waals surface area (Å²) < 4.78 is 62.7. The summed E-state index contributed by atoms with van der Waals surface area (Å²) in [5.74, 6) is 1.74. The van der Waals surface area contributed by atoms with Crippen LogP contribution in [-0.2, 0) is 14.9 Å². The summed E-state index contributed by atoms with van der Waals surface area (Å²) in [6.45, 7) is 0.563. The Bertz CT molecular complexity index is 1500. The number of hydrogen-bond acceptors (Lipinski definition) is 9. The van der Waals surface area contributed by atoms with Gasteiger partial charge in [0.2, 0.25) is 0 Å². The largest absolute Gasteiger partial charge is 0.511 e. The number of carbonyl (C=O) groups is 1. The van der Waals surface area contributed by atoms with E-state index in [-0.39, 0.29) is 44.1 Å². The number of nitrogens with zero attached hydrogens (tertiary/aromatic N) is 5. The molecule has 2 aromatic rings. The molecule has 4 bridgehead atoms. The van der Waals surface area contributed by atoms with E-state index in [0.717, 1.165) is 37.8 Å². The Balaban J connectivity index is 0.992. The Hall–Kier alpha value is -3.30. The third-order valence-corrected chi connectivity index (χ3v) is 11.6. The molecule has 6 aliphatic rings. The molecule has 5 fully saturated rings. The number of aromatic nitrogens is 1. The van der Waals surface area contributed by atoms with Crippen LogP contribution in [0.25, 0.3) is 0 Å². The van der Waals surface area contributed by atoms with Crippen molar-refractivity contribution in [3.8, 4) is 0 Å². The number of carbonyl (C=O) groups excluding carboxylic acids is 1. The van der Waals surface area contributed by atoms with Gasteiger partial charge in [0.1, 0.15) is 5.82 Å². The molecule has 4 saturated carbocycles. The van der Waals surface area contributed by atoms with Crippen LogP contribution in [0.4, 0.5) is 40.8 Å². The van der Waals surface area contributed by atoms with Crippen molar-refractivity contribution < 1.29 is 36.3 Å². The molecule has 238 valence electrons. The molecule has 4 aliphatic carbocycles. The minimum atomic E-state index is -5.35. The zero-order chi connectivity index (χ0) is 30.9. The van der Waals surface area contributed by atoms with Gasteiger partial charge in [0, 0.05) is 38.8 Å². The van der Waals surface area contributed by atoms with Gasteiger partial charge in [-0.1, -0.05) is 12.1 Å². The highest BCUT2D eigenvalue weighted by molar-refractivity contribution is 7.90. The second-order valence-corrected chi connectivity index (χ2v) is 14.6. The number of nitrogens with one attached hydrogen (secondary N) is 1. The van der Waals surface area contributed by atoms with Gasteiger partial charge in [-0.25, -0.2) is 23.3 Å². The number of halogens is 3. The number of para-hydroxylation sites is 2. The number of fused-ring (bicyclic) bond motifs is 1. The number of piperazine rings is 1. The van der Waals surface area contributed by atoms with Crippen LogP contribution in [0.1, 0.15) is 32.1 Å². The zero-order valence-electron chi connectivity index (χ0n) is 24.0. The third-order valence-electron chi connectivity index (χ3n) is 9.93. The molecule has 1 saturated heterocycles. The number of rotatable bonds is 5. The van der Waals surface area contributed by atoms with Crippen LogP contribution in [0, 0.1) is 17.8 Å². The minimum absolute atomic E-state index is 0.00981. The standard InChI is InChI=1S/C29H35F3N6O5S/c30-29(31,32)44(41,42)36-9-7-35(8-10-36)22-5-6-25(33-18-22)37-11-12-38(24-4-2-1-3-23(24)37)43-27(39)34-26-20-13-19-14-21(26)17-28(40,15-19)16-20/h1-6,18-21,26,40H,7-17H2,(H,34,39)/t19?,20-,21+,26?,28?. The Labute approximate surface area is 253 Å². The first kappa shape index (κ1) is 29.4. The van der Waals surface area contributed by atoms with Crippen molar-refractivity contribution in [2.45, 2.75) is 49.3 Å². The van der Waals surface area contributed by atoms with Crippen LogP contribution in [0.3, 0.4) is 0 Å². The Morgan fingerprint density at radius 2 is 1.64 bits per heavy atom. The second kappa shape index (κ2) is 10.7. The molecule has 11 nitrogen and oxygen atoms in total. The van der Waals surface area contributed by atoms with Gasteiger partial charge < -0.3 is 25.1 Å². The molecule has 1 aromatic heterocycles. The molecule has 0 spiro atoms. The first-order valence-electron chi connectivity index (χ1n) is 15.0. The number of aliphatic hydroxyl groups is 1. The number of sulfonamides is 1. The van der Waals surface area contributed by atoms with Crippen LogP contribution in [0.5, 0.6) is 0 Å². The predicted octanol–water partition coefficient (Wildman–Crippen LogP) is 3.59. The van der Waals surface area contributed by atoms with E-state index in [1.54, 1.807) is 16.2 Å². The fourth-order valence-corrected chi connectivity index (χ4v) is 9.14. The van der Waals surface area contributed by atoms with Crippen molar-refractivity contribution in [3.63, 3.8) is 0 Å². The average molecular weight is 637 g/mol. The molecule has 1 amide bonds. The number of anilines is 4. The van der Waals surface area contributed by atoms with Crippen LogP contribution in [0.2, 0.25) is 0 Å². The second-order valence-electron chi connectivity index (χ2n) is 12.7. The maximum Gasteiger partial charge on any atom is 0.511 e. The van der Waals surface area contributed by atoms with Crippen LogP contribution < -0.4 is 20.2 Å². The SMILES string of the molecule is O=C(NC1[C@@H]2CC3C[C@H]1CC(O)(C3)C2)ON1CCN(c2ccc(N3CCN(S(=O)(=O)C(F)(F)F)CC3)cn2)c2ccccc21. The summed E-state index contributed by atoms with van der Waals surface area (Å²) in [5.41, 5.74) is -3.70. The van der Waals surface area contributed by atoms with E-state index in [1.807, 2.05) is 41.3 Å². The van der Waals surface area contributed by atoms with E-state index >= 15 is 0 Å². The van der Waals surface area contributed by atoms with Crippen molar-refractivity contribution in [1.82, 2.24) is 14.6 Å². The fraction of sp³-hybridized carbons (Fsp3) is 0.586. The maximum absolute atomic E-state index is 13.1. The van der Waals surface area contributed by atoms with E-state index in [4.69, 9.17) is 4.84 Å². The van der Waals surface area contributed by atoms with Crippen molar-refractivity contribution >= 4 is 39.0 Å². The van der Waals surface area contributed by atoms with Gasteiger partial charge in [-0.3, -0.25) is 0 Å². The first-order chi connectivity index (χ1) is 20.9. The van der Waals surface area contributed by atoms with E-state index < -0.39 is 27.2 Å². The fourth-order valence-electron chi connectivity index (χ4n) is 8.21. The number of amides is 1. The van der Waals surface area contributed by atoms with Gasteiger partial charge in [0.15, 0.2) is 0 Å². The predicted molar refractivity (Wildman–Crippen MR) is 156 cm³/mol. The molecule has 2 N–H and O–H groups in total. The first-order valence-corrected chi connectivity index (χ1v) is 16.5. The molecule has 0 radical (unpaired) electrons. The Morgan fingerprint density at radius 1 is 0.955 bits per heavy atom. The third kappa shape index (κ3) is 5.21. The molecule has 3 unspecified atom stereocenters. The minimum Gasteiger partial charge on any atom is -0.390 e. The summed E-state index contributed by atoms with van der Waals surface area (Å²) in [6.07, 6.45) is 5.54. The van der Waals surface area contributed by atoms with Crippen molar-refractivity contribution in [2.75, 3.05) is 54.1 Å². The molecule has 15 heteroatoms. The Morgan fingerprint density at radius 3 is 2.25 bits per heavy atom. The van der Waals surface area contributed by atoms with Gasteiger partial charge in [-0.15, -0.1) is 0 Å². The van der Waals surface area contributed by atoms with E-state index in [2.05, 4.69) is 10.3 Å².